The van der Waals surface area contributed by atoms with E-state index in [1.165, 1.54) is 12.3 Å². The van der Waals surface area contributed by atoms with E-state index in [0.29, 0.717) is 5.56 Å². The molecule has 0 aliphatic carbocycles. The number of pyridine rings is 1. The van der Waals surface area contributed by atoms with Crippen LogP contribution in [0.4, 0.5) is 4.39 Å². The molecule has 0 saturated heterocycles. The minimum Gasteiger partial charge on any atom is -0.226 e. The Hall–Kier alpha value is 0.0400. The molecular formula is C11H2Cl6FN. The zero-order chi connectivity index (χ0) is 14.3. The lowest BCUT2D eigenvalue weighted by Gasteiger charge is -2.12. The van der Waals surface area contributed by atoms with Crippen LogP contribution >= 0.6 is 69.6 Å². The lowest BCUT2D eigenvalue weighted by Crippen LogP contribution is -1.90. The van der Waals surface area contributed by atoms with Gasteiger partial charge in [-0.05, 0) is 6.07 Å². The third-order valence-electron chi connectivity index (χ3n) is 2.29. The molecular weight excluding hydrogens is 378 g/mol. The molecule has 0 saturated carbocycles. The molecule has 1 aromatic heterocycles. The minimum absolute atomic E-state index is 0.0447. The molecule has 0 aliphatic heterocycles. The van der Waals surface area contributed by atoms with Crippen LogP contribution in [0.3, 0.4) is 0 Å². The Labute approximate surface area is 138 Å². The molecule has 2 rings (SSSR count). The molecule has 0 spiro atoms. The number of hydrogen-bond donors (Lipinski definition) is 0. The van der Waals surface area contributed by atoms with E-state index >= 15 is 0 Å². The lowest BCUT2D eigenvalue weighted by atomic mass is 10.1. The maximum Gasteiger partial charge on any atom is 0.231 e. The van der Waals surface area contributed by atoms with E-state index in [-0.39, 0.29) is 35.7 Å². The van der Waals surface area contributed by atoms with Crippen LogP contribution < -0.4 is 0 Å². The molecule has 1 nitrogen and oxygen atoms in total. The van der Waals surface area contributed by atoms with Gasteiger partial charge in [0.25, 0.3) is 0 Å². The average molecular weight is 380 g/mol. The first-order valence-electron chi connectivity index (χ1n) is 4.67. The van der Waals surface area contributed by atoms with Crippen LogP contribution in [-0.4, -0.2) is 4.98 Å². The molecule has 0 aliphatic rings. The Morgan fingerprint density at radius 1 is 0.789 bits per heavy atom. The molecule has 8 heteroatoms. The maximum atomic E-state index is 13.1. The highest BCUT2D eigenvalue weighted by molar-refractivity contribution is 6.56. The summed E-state index contributed by atoms with van der Waals surface area (Å²) in [5.74, 6) is -0.802. The fourth-order valence-corrected chi connectivity index (χ4v) is 2.94. The van der Waals surface area contributed by atoms with Crippen LogP contribution in [0.2, 0.25) is 30.1 Å². The number of aromatic nitrogens is 1. The van der Waals surface area contributed by atoms with Crippen LogP contribution in [0.25, 0.3) is 11.1 Å². The number of benzene rings is 1. The number of halogens is 7. The number of rotatable bonds is 1. The van der Waals surface area contributed by atoms with Crippen molar-refractivity contribution in [2.75, 3.05) is 0 Å². The zero-order valence-corrected chi connectivity index (χ0v) is 13.3. The van der Waals surface area contributed by atoms with Crippen molar-refractivity contribution in [3.05, 3.63) is 48.3 Å². The van der Waals surface area contributed by atoms with Crippen molar-refractivity contribution >= 4 is 69.6 Å². The van der Waals surface area contributed by atoms with Gasteiger partial charge in [-0.1, -0.05) is 69.6 Å². The lowest BCUT2D eigenvalue weighted by molar-refractivity contribution is 0.584. The van der Waals surface area contributed by atoms with E-state index in [0.717, 1.165) is 0 Å². The highest BCUT2D eigenvalue weighted by Crippen LogP contribution is 2.48. The molecule has 1 aromatic carbocycles. The second-order valence-corrected chi connectivity index (χ2v) is 5.74. The van der Waals surface area contributed by atoms with Crippen molar-refractivity contribution in [1.82, 2.24) is 4.98 Å². The van der Waals surface area contributed by atoms with Crippen molar-refractivity contribution in [2.24, 2.45) is 0 Å². The maximum absolute atomic E-state index is 13.1. The van der Waals surface area contributed by atoms with Crippen LogP contribution in [0.5, 0.6) is 0 Å². The van der Waals surface area contributed by atoms with Gasteiger partial charge in [0.05, 0.1) is 30.1 Å². The molecule has 1 heterocycles. The molecule has 0 unspecified atom stereocenters. The van der Waals surface area contributed by atoms with Gasteiger partial charge in [0, 0.05) is 17.3 Å². The van der Waals surface area contributed by atoms with Gasteiger partial charge in [0.2, 0.25) is 5.95 Å². The minimum atomic E-state index is -0.802. The first-order chi connectivity index (χ1) is 8.84. The average Bonchev–Trinajstić information content (AvgIpc) is 2.38. The van der Waals surface area contributed by atoms with Crippen LogP contribution in [-0.2, 0) is 0 Å². The topological polar surface area (TPSA) is 12.9 Å². The van der Waals surface area contributed by atoms with Crippen molar-refractivity contribution in [2.45, 2.75) is 0 Å². The Morgan fingerprint density at radius 2 is 1.26 bits per heavy atom. The van der Waals surface area contributed by atoms with E-state index in [4.69, 9.17) is 69.6 Å². The van der Waals surface area contributed by atoms with E-state index < -0.39 is 5.95 Å². The first-order valence-corrected chi connectivity index (χ1v) is 6.94. The Kier molecular flexibility index (Phi) is 4.71. The summed E-state index contributed by atoms with van der Waals surface area (Å²) >= 11 is 35.6. The Morgan fingerprint density at radius 3 is 1.74 bits per heavy atom. The number of nitrogens with zero attached hydrogens (tertiary/aromatic N) is 1. The van der Waals surface area contributed by atoms with Crippen LogP contribution in [0.1, 0.15) is 0 Å². The predicted octanol–water partition coefficient (Wildman–Crippen LogP) is 6.81. The van der Waals surface area contributed by atoms with Gasteiger partial charge in [0.15, 0.2) is 0 Å². The quantitative estimate of drug-likeness (QED) is 0.301. The first kappa shape index (κ1) is 15.4. The normalized spacial score (nSPS) is 10.9. The van der Waals surface area contributed by atoms with Crippen molar-refractivity contribution in [1.29, 1.82) is 0 Å². The molecule has 0 amide bonds. The monoisotopic (exact) mass is 377 g/mol. The summed E-state index contributed by atoms with van der Waals surface area (Å²) in [4.78, 5) is 3.48. The zero-order valence-electron chi connectivity index (χ0n) is 8.75. The Bertz CT molecular complexity index is 644. The summed E-state index contributed by atoms with van der Waals surface area (Å²) in [5, 5.41) is 0.146. The molecule has 0 bridgehead atoms. The van der Waals surface area contributed by atoms with Gasteiger partial charge in [-0.25, -0.2) is 4.98 Å². The van der Waals surface area contributed by atoms with Crippen LogP contribution in [0, 0.1) is 5.95 Å². The van der Waals surface area contributed by atoms with Crippen molar-refractivity contribution in [3.8, 4) is 11.1 Å². The fraction of sp³-hybridized carbons (Fsp3) is 0. The smallest absolute Gasteiger partial charge is 0.226 e. The van der Waals surface area contributed by atoms with E-state index in [1.54, 1.807) is 0 Å². The second-order valence-electron chi connectivity index (χ2n) is 3.44. The summed E-state index contributed by atoms with van der Waals surface area (Å²) in [5.41, 5.74) is 0.666. The van der Waals surface area contributed by atoms with E-state index in [1.807, 2.05) is 0 Å². The highest BCUT2D eigenvalue weighted by Gasteiger charge is 2.21. The summed E-state index contributed by atoms with van der Waals surface area (Å²) in [6, 6.07) is 1.32. The summed E-state index contributed by atoms with van der Waals surface area (Å²) < 4.78 is 13.1. The van der Waals surface area contributed by atoms with Crippen LogP contribution in [0.15, 0.2) is 12.3 Å². The summed E-state index contributed by atoms with van der Waals surface area (Å²) in [6.07, 6.45) is 1.22. The van der Waals surface area contributed by atoms with E-state index in [9.17, 15) is 4.39 Å². The summed E-state index contributed by atoms with van der Waals surface area (Å²) in [7, 11) is 0. The van der Waals surface area contributed by atoms with Gasteiger partial charge < -0.3 is 0 Å². The fourth-order valence-electron chi connectivity index (χ4n) is 1.42. The third-order valence-corrected chi connectivity index (χ3v) is 4.84. The molecule has 0 N–H and O–H groups in total. The SMILES string of the molecule is Fc1ncc(-c2c(Cl)c(Cl)c(Cl)c(Cl)c2Cl)cc1Cl. The van der Waals surface area contributed by atoms with Gasteiger partial charge in [-0.3, -0.25) is 0 Å². The molecule has 19 heavy (non-hydrogen) atoms. The molecule has 0 fully saturated rings. The molecule has 100 valence electrons. The van der Waals surface area contributed by atoms with Gasteiger partial charge in [0.1, 0.15) is 0 Å². The second kappa shape index (κ2) is 5.80. The molecule has 0 atom stereocenters. The highest BCUT2D eigenvalue weighted by atomic mass is 35.5. The van der Waals surface area contributed by atoms with Gasteiger partial charge >= 0.3 is 0 Å². The van der Waals surface area contributed by atoms with Gasteiger partial charge in [-0.15, -0.1) is 0 Å². The summed E-state index contributed by atoms with van der Waals surface area (Å²) in [6.45, 7) is 0. The third kappa shape index (κ3) is 2.76. The standard InChI is InChI=1S/C11H2Cl6FN/c12-4-1-3(2-19-11(4)18)5-6(13)8(15)10(17)9(16)7(5)14/h1-2H. The largest absolute Gasteiger partial charge is 0.231 e. The van der Waals surface area contributed by atoms with E-state index in [2.05, 4.69) is 4.98 Å². The molecule has 0 radical (unpaired) electrons. The molecule has 2 aromatic rings. The predicted molar refractivity (Wildman–Crippen MR) is 79.7 cm³/mol. The number of hydrogen-bond acceptors (Lipinski definition) is 1. The Balaban J connectivity index is 2.79. The van der Waals surface area contributed by atoms with Gasteiger partial charge in [-0.2, -0.15) is 4.39 Å². The van der Waals surface area contributed by atoms with Crippen molar-refractivity contribution in [3.63, 3.8) is 0 Å². The van der Waals surface area contributed by atoms with Crippen molar-refractivity contribution < 1.29 is 4.39 Å².